The first kappa shape index (κ1) is 16.0. The summed E-state index contributed by atoms with van der Waals surface area (Å²) in [4.78, 5) is 28.3. The number of hydrogen-bond donors (Lipinski definition) is 1. The van der Waals surface area contributed by atoms with Gasteiger partial charge in [0.2, 0.25) is 0 Å². The fraction of sp³-hybridized carbons (Fsp3) is 0.556. The molecule has 0 bridgehead atoms. The second kappa shape index (κ2) is 5.34. The number of carbonyl (C=O) groups excluding carboxylic acids is 2. The molecule has 2 aliphatic rings. The Labute approximate surface area is 136 Å². The number of fused-ring (bicyclic) bond motifs is 1. The van der Waals surface area contributed by atoms with Gasteiger partial charge in [-0.2, -0.15) is 0 Å². The molecule has 2 heterocycles. The molecular formula is C18H24N2O3. The summed E-state index contributed by atoms with van der Waals surface area (Å²) in [5.74, 6) is -0.401. The molecule has 0 aliphatic carbocycles. The minimum absolute atomic E-state index is 0.0241. The highest BCUT2D eigenvalue weighted by molar-refractivity contribution is 5.98. The summed E-state index contributed by atoms with van der Waals surface area (Å²) in [6.45, 7) is 7.54. The number of hydrogen-bond acceptors (Lipinski definition) is 3. The van der Waals surface area contributed by atoms with Crippen LogP contribution in [0, 0.1) is 5.41 Å². The summed E-state index contributed by atoms with van der Waals surface area (Å²) < 4.78 is 0. The van der Waals surface area contributed by atoms with Crippen molar-refractivity contribution in [3.63, 3.8) is 0 Å². The zero-order valence-electron chi connectivity index (χ0n) is 14.0. The molecule has 23 heavy (non-hydrogen) atoms. The Kier molecular flexibility index (Phi) is 3.71. The first-order valence-corrected chi connectivity index (χ1v) is 8.09. The van der Waals surface area contributed by atoms with Crippen molar-refractivity contribution in [2.45, 2.75) is 39.3 Å². The zero-order valence-corrected chi connectivity index (χ0v) is 14.0. The predicted molar refractivity (Wildman–Crippen MR) is 86.8 cm³/mol. The molecule has 2 amide bonds. The maximum Gasteiger partial charge on any atom is 0.256 e. The maximum atomic E-state index is 12.7. The second-order valence-corrected chi connectivity index (χ2v) is 7.73. The lowest BCUT2D eigenvalue weighted by Gasteiger charge is -2.32. The standard InChI is InChI=1S/C18H24N2O3/c1-17(2)8-9-19(11-17)16(22)18(3,23)12-20-10-13-6-4-5-7-14(13)15(20)21/h4-7,23H,8-12H2,1-3H3. The first-order valence-electron chi connectivity index (χ1n) is 8.09. The molecule has 1 atom stereocenters. The Hall–Kier alpha value is -1.88. The van der Waals surface area contributed by atoms with Crippen LogP contribution in [0.15, 0.2) is 24.3 Å². The Bertz CT molecular complexity index is 651. The van der Waals surface area contributed by atoms with Gasteiger partial charge in [-0.3, -0.25) is 9.59 Å². The van der Waals surface area contributed by atoms with Crippen LogP contribution >= 0.6 is 0 Å². The Morgan fingerprint density at radius 1 is 1.35 bits per heavy atom. The quantitative estimate of drug-likeness (QED) is 0.922. The smallest absolute Gasteiger partial charge is 0.256 e. The monoisotopic (exact) mass is 316 g/mol. The molecule has 5 nitrogen and oxygen atoms in total. The van der Waals surface area contributed by atoms with Crippen molar-refractivity contribution in [3.05, 3.63) is 35.4 Å². The number of aliphatic hydroxyl groups is 1. The van der Waals surface area contributed by atoms with E-state index in [1.807, 2.05) is 18.2 Å². The van der Waals surface area contributed by atoms with Gasteiger partial charge in [0, 0.05) is 25.2 Å². The van der Waals surface area contributed by atoms with Crippen LogP contribution in [0.4, 0.5) is 0 Å². The summed E-state index contributed by atoms with van der Waals surface area (Å²) in [7, 11) is 0. The largest absolute Gasteiger partial charge is 0.378 e. The van der Waals surface area contributed by atoms with Gasteiger partial charge in [-0.05, 0) is 30.4 Å². The molecule has 1 saturated heterocycles. The lowest BCUT2D eigenvalue weighted by Crippen LogP contribution is -2.53. The normalized spacial score (nSPS) is 22.2. The van der Waals surface area contributed by atoms with Crippen molar-refractivity contribution in [2.24, 2.45) is 5.41 Å². The SMILES string of the molecule is CC1(C)CCN(C(=O)C(C)(O)CN2Cc3ccccc3C2=O)C1. The van der Waals surface area contributed by atoms with E-state index in [0.717, 1.165) is 12.0 Å². The number of β-amino-alcohol motifs (C(OH)–C–C–N with tert-alkyl or cyclic N) is 1. The minimum Gasteiger partial charge on any atom is -0.378 e. The summed E-state index contributed by atoms with van der Waals surface area (Å²) >= 11 is 0. The lowest BCUT2D eigenvalue weighted by molar-refractivity contribution is -0.150. The van der Waals surface area contributed by atoms with Crippen LogP contribution in [-0.2, 0) is 11.3 Å². The summed E-state index contributed by atoms with van der Waals surface area (Å²) in [5.41, 5.74) is 0.143. The first-order chi connectivity index (χ1) is 10.7. The molecule has 1 fully saturated rings. The van der Waals surface area contributed by atoms with Crippen LogP contribution in [0.5, 0.6) is 0 Å². The molecule has 5 heteroatoms. The van der Waals surface area contributed by atoms with E-state index in [1.54, 1.807) is 15.9 Å². The number of benzene rings is 1. The molecule has 0 spiro atoms. The van der Waals surface area contributed by atoms with Gasteiger partial charge in [0.25, 0.3) is 11.8 Å². The fourth-order valence-electron chi connectivity index (χ4n) is 3.51. The molecule has 1 aromatic rings. The van der Waals surface area contributed by atoms with Crippen molar-refractivity contribution in [1.29, 1.82) is 0 Å². The van der Waals surface area contributed by atoms with Gasteiger partial charge in [-0.25, -0.2) is 0 Å². The van der Waals surface area contributed by atoms with E-state index in [4.69, 9.17) is 0 Å². The van der Waals surface area contributed by atoms with E-state index < -0.39 is 5.60 Å². The molecular weight excluding hydrogens is 292 g/mol. The van der Waals surface area contributed by atoms with Crippen molar-refractivity contribution in [2.75, 3.05) is 19.6 Å². The molecule has 0 radical (unpaired) electrons. The van der Waals surface area contributed by atoms with Gasteiger partial charge in [0.05, 0.1) is 6.54 Å². The van der Waals surface area contributed by atoms with E-state index in [-0.39, 0.29) is 23.8 Å². The van der Waals surface area contributed by atoms with Crippen molar-refractivity contribution >= 4 is 11.8 Å². The van der Waals surface area contributed by atoms with E-state index in [9.17, 15) is 14.7 Å². The van der Waals surface area contributed by atoms with Crippen LogP contribution in [0.1, 0.15) is 43.1 Å². The van der Waals surface area contributed by atoms with Gasteiger partial charge in [0.15, 0.2) is 5.60 Å². The number of amides is 2. The maximum absolute atomic E-state index is 12.7. The van der Waals surface area contributed by atoms with Gasteiger partial charge in [-0.1, -0.05) is 32.0 Å². The molecule has 0 saturated carbocycles. The molecule has 3 rings (SSSR count). The van der Waals surface area contributed by atoms with Gasteiger partial charge in [0.1, 0.15) is 0 Å². The average molecular weight is 316 g/mol. The molecule has 0 aromatic heterocycles. The summed E-state index contributed by atoms with van der Waals surface area (Å²) in [6.07, 6.45) is 0.933. The van der Waals surface area contributed by atoms with Crippen LogP contribution < -0.4 is 0 Å². The predicted octanol–water partition coefficient (Wildman–Crippen LogP) is 1.65. The topological polar surface area (TPSA) is 60.9 Å². The summed E-state index contributed by atoms with van der Waals surface area (Å²) in [6, 6.07) is 7.42. The zero-order chi connectivity index (χ0) is 16.8. The Morgan fingerprint density at radius 3 is 2.65 bits per heavy atom. The third-order valence-corrected chi connectivity index (χ3v) is 4.82. The van der Waals surface area contributed by atoms with Crippen LogP contribution in [0.2, 0.25) is 0 Å². The van der Waals surface area contributed by atoms with E-state index in [0.29, 0.717) is 25.2 Å². The number of carbonyl (C=O) groups is 2. The van der Waals surface area contributed by atoms with Gasteiger partial charge >= 0.3 is 0 Å². The van der Waals surface area contributed by atoms with Gasteiger partial charge in [-0.15, -0.1) is 0 Å². The number of nitrogens with zero attached hydrogens (tertiary/aromatic N) is 2. The minimum atomic E-state index is -1.56. The molecule has 124 valence electrons. The number of likely N-dealkylation sites (tertiary alicyclic amines) is 1. The highest BCUT2D eigenvalue weighted by Crippen LogP contribution is 2.31. The molecule has 1 aromatic carbocycles. The molecule has 2 aliphatic heterocycles. The highest BCUT2D eigenvalue weighted by atomic mass is 16.3. The van der Waals surface area contributed by atoms with Crippen LogP contribution in [-0.4, -0.2) is 52.0 Å². The average Bonchev–Trinajstić information content (AvgIpc) is 2.99. The Balaban J connectivity index is 1.70. The van der Waals surface area contributed by atoms with Crippen molar-refractivity contribution < 1.29 is 14.7 Å². The van der Waals surface area contributed by atoms with Gasteiger partial charge < -0.3 is 14.9 Å². The van der Waals surface area contributed by atoms with Crippen molar-refractivity contribution in [1.82, 2.24) is 9.80 Å². The van der Waals surface area contributed by atoms with E-state index in [2.05, 4.69) is 13.8 Å². The second-order valence-electron chi connectivity index (χ2n) is 7.73. The molecule has 1 unspecified atom stereocenters. The van der Waals surface area contributed by atoms with Crippen LogP contribution in [0.25, 0.3) is 0 Å². The van der Waals surface area contributed by atoms with Crippen molar-refractivity contribution in [3.8, 4) is 0 Å². The third-order valence-electron chi connectivity index (χ3n) is 4.82. The fourth-order valence-corrected chi connectivity index (χ4v) is 3.51. The Morgan fingerprint density at radius 2 is 2.04 bits per heavy atom. The van der Waals surface area contributed by atoms with E-state index in [1.165, 1.54) is 6.92 Å². The van der Waals surface area contributed by atoms with E-state index >= 15 is 0 Å². The molecule has 1 N–H and O–H groups in total. The summed E-state index contributed by atoms with van der Waals surface area (Å²) in [5, 5.41) is 10.7. The van der Waals surface area contributed by atoms with Crippen LogP contribution in [0.3, 0.4) is 0 Å². The number of rotatable bonds is 3. The lowest BCUT2D eigenvalue weighted by atomic mass is 9.93. The third kappa shape index (κ3) is 2.98. The highest BCUT2D eigenvalue weighted by Gasteiger charge is 2.43.